The molecule has 0 unspecified atom stereocenters. The van der Waals surface area contributed by atoms with Crippen molar-refractivity contribution in [3.8, 4) is 5.75 Å². The number of hydrogen-bond donors (Lipinski definition) is 1. The first-order valence-corrected chi connectivity index (χ1v) is 10.3. The summed E-state index contributed by atoms with van der Waals surface area (Å²) < 4.78 is 11.1. The van der Waals surface area contributed by atoms with Crippen LogP contribution in [0.1, 0.15) is 54.1 Å². The minimum atomic E-state index is -0.559. The summed E-state index contributed by atoms with van der Waals surface area (Å²) in [6.45, 7) is 4.24. The molecule has 0 spiro atoms. The number of aryl methyl sites for hydroxylation is 1. The Morgan fingerprint density at radius 1 is 1.07 bits per heavy atom. The number of hydrogen-bond acceptors (Lipinski definition) is 4. The largest absolute Gasteiger partial charge is 0.488 e. The molecule has 0 bridgehead atoms. The minimum absolute atomic E-state index is 0.167. The number of para-hydroxylation sites is 1. The second kappa shape index (κ2) is 10.1. The molecule has 1 N–H and O–H groups in total. The van der Waals surface area contributed by atoms with E-state index < -0.39 is 5.97 Å². The molecule has 3 rings (SSSR count). The molecular formula is C24H29NO4. The van der Waals surface area contributed by atoms with Gasteiger partial charge in [0.05, 0.1) is 0 Å². The predicted molar refractivity (Wildman–Crippen MR) is 112 cm³/mol. The number of rotatable bonds is 7. The van der Waals surface area contributed by atoms with Crippen LogP contribution in [0.5, 0.6) is 5.75 Å². The molecule has 0 heterocycles. The predicted octanol–water partition coefficient (Wildman–Crippen LogP) is 4.43. The van der Waals surface area contributed by atoms with Crippen molar-refractivity contribution in [2.45, 2.75) is 52.2 Å². The van der Waals surface area contributed by atoms with Crippen molar-refractivity contribution in [3.63, 3.8) is 0 Å². The number of carbonyl (C=O) groups is 2. The summed E-state index contributed by atoms with van der Waals surface area (Å²) in [4.78, 5) is 24.7. The van der Waals surface area contributed by atoms with E-state index in [4.69, 9.17) is 9.47 Å². The topological polar surface area (TPSA) is 64.6 Å². The van der Waals surface area contributed by atoms with Crippen LogP contribution >= 0.6 is 0 Å². The van der Waals surface area contributed by atoms with E-state index in [1.807, 2.05) is 31.2 Å². The molecule has 2 atom stereocenters. The standard InChI is InChI=1S/C24H29NO4/c1-17-8-7-10-19(14-17)15-28-22-13-6-4-11-20(22)24(27)29-16-23(26)25-21-12-5-3-9-18(21)2/h4,6-8,10-11,13-14,18,21H,3,5,9,12,15-16H2,1-2H3,(H,25,26)/t18-,21-/m0/s1. The van der Waals surface area contributed by atoms with E-state index >= 15 is 0 Å². The molecule has 0 radical (unpaired) electrons. The number of carbonyl (C=O) groups excluding carboxylic acids is 2. The molecule has 1 saturated carbocycles. The molecule has 5 nitrogen and oxygen atoms in total. The summed E-state index contributed by atoms with van der Waals surface area (Å²) in [6.07, 6.45) is 4.44. The Morgan fingerprint density at radius 3 is 2.66 bits per heavy atom. The quantitative estimate of drug-likeness (QED) is 0.705. The van der Waals surface area contributed by atoms with Crippen LogP contribution in [0.3, 0.4) is 0 Å². The Hall–Kier alpha value is -2.82. The third kappa shape index (κ3) is 6.08. The minimum Gasteiger partial charge on any atom is -0.488 e. The average Bonchev–Trinajstić information content (AvgIpc) is 2.72. The lowest BCUT2D eigenvalue weighted by Crippen LogP contribution is -2.42. The summed E-state index contributed by atoms with van der Waals surface area (Å²) in [7, 11) is 0. The highest BCUT2D eigenvalue weighted by Gasteiger charge is 2.23. The Balaban J connectivity index is 1.54. The summed E-state index contributed by atoms with van der Waals surface area (Å²) in [5, 5.41) is 2.99. The fourth-order valence-electron chi connectivity index (χ4n) is 3.71. The molecule has 154 valence electrons. The second-order valence-corrected chi connectivity index (χ2v) is 7.79. The number of benzene rings is 2. The number of nitrogens with one attached hydrogen (secondary N) is 1. The normalized spacial score (nSPS) is 18.7. The average molecular weight is 395 g/mol. The van der Waals surface area contributed by atoms with E-state index in [0.29, 0.717) is 23.8 Å². The van der Waals surface area contributed by atoms with Crippen molar-refractivity contribution in [2.24, 2.45) is 5.92 Å². The van der Waals surface area contributed by atoms with Crippen LogP contribution in [0.15, 0.2) is 48.5 Å². The number of esters is 1. The smallest absolute Gasteiger partial charge is 0.342 e. The lowest BCUT2D eigenvalue weighted by atomic mass is 9.86. The number of ether oxygens (including phenoxy) is 2. The van der Waals surface area contributed by atoms with Gasteiger partial charge in [0.1, 0.15) is 17.9 Å². The van der Waals surface area contributed by atoms with Gasteiger partial charge in [0.25, 0.3) is 5.91 Å². The van der Waals surface area contributed by atoms with Crippen LogP contribution < -0.4 is 10.1 Å². The van der Waals surface area contributed by atoms with E-state index in [-0.39, 0.29) is 18.6 Å². The maximum Gasteiger partial charge on any atom is 0.342 e. The van der Waals surface area contributed by atoms with Crippen molar-refractivity contribution in [3.05, 3.63) is 65.2 Å². The van der Waals surface area contributed by atoms with E-state index in [1.54, 1.807) is 24.3 Å². The SMILES string of the molecule is Cc1cccc(COc2ccccc2C(=O)OCC(=O)N[C@H]2CCCC[C@@H]2C)c1. The van der Waals surface area contributed by atoms with Gasteiger partial charge in [-0.2, -0.15) is 0 Å². The first kappa shape index (κ1) is 20.9. The van der Waals surface area contributed by atoms with Crippen LogP contribution in [0.4, 0.5) is 0 Å². The third-order valence-electron chi connectivity index (χ3n) is 5.38. The molecule has 2 aromatic carbocycles. The highest BCUT2D eigenvalue weighted by molar-refractivity contribution is 5.94. The lowest BCUT2D eigenvalue weighted by Gasteiger charge is -2.29. The Kier molecular flexibility index (Phi) is 7.28. The fraction of sp³-hybridized carbons (Fsp3) is 0.417. The maximum absolute atomic E-state index is 12.5. The van der Waals surface area contributed by atoms with Crippen molar-refractivity contribution in [1.29, 1.82) is 0 Å². The molecule has 2 aromatic rings. The molecule has 1 aliphatic rings. The molecule has 1 fully saturated rings. The molecule has 0 saturated heterocycles. The molecule has 1 aliphatic carbocycles. The summed E-state index contributed by atoms with van der Waals surface area (Å²) in [6, 6.07) is 15.1. The highest BCUT2D eigenvalue weighted by atomic mass is 16.5. The van der Waals surface area contributed by atoms with E-state index in [2.05, 4.69) is 12.2 Å². The van der Waals surface area contributed by atoms with Gasteiger partial charge in [-0.05, 0) is 43.4 Å². The zero-order valence-electron chi connectivity index (χ0n) is 17.1. The zero-order valence-corrected chi connectivity index (χ0v) is 17.1. The van der Waals surface area contributed by atoms with Gasteiger partial charge >= 0.3 is 5.97 Å². The van der Waals surface area contributed by atoms with Crippen LogP contribution in [0, 0.1) is 12.8 Å². The van der Waals surface area contributed by atoms with Gasteiger partial charge in [-0.3, -0.25) is 4.79 Å². The van der Waals surface area contributed by atoms with Gasteiger partial charge in [-0.1, -0.05) is 61.7 Å². The monoisotopic (exact) mass is 395 g/mol. The van der Waals surface area contributed by atoms with Crippen molar-refractivity contribution in [2.75, 3.05) is 6.61 Å². The number of amides is 1. The zero-order chi connectivity index (χ0) is 20.6. The molecule has 29 heavy (non-hydrogen) atoms. The Morgan fingerprint density at radius 2 is 1.86 bits per heavy atom. The first-order chi connectivity index (χ1) is 14.0. The molecule has 5 heteroatoms. The summed E-state index contributed by atoms with van der Waals surface area (Å²) in [5.41, 5.74) is 2.49. The van der Waals surface area contributed by atoms with Crippen LogP contribution in [-0.4, -0.2) is 24.5 Å². The van der Waals surface area contributed by atoms with Gasteiger partial charge in [-0.25, -0.2) is 4.79 Å². The lowest BCUT2D eigenvalue weighted by molar-refractivity contribution is -0.125. The van der Waals surface area contributed by atoms with Crippen molar-refractivity contribution in [1.82, 2.24) is 5.32 Å². The molecule has 0 aliphatic heterocycles. The van der Waals surface area contributed by atoms with Gasteiger partial charge in [0.15, 0.2) is 6.61 Å². The Bertz CT molecular complexity index is 848. The van der Waals surface area contributed by atoms with E-state index in [1.165, 1.54) is 6.42 Å². The van der Waals surface area contributed by atoms with E-state index in [0.717, 1.165) is 30.4 Å². The maximum atomic E-state index is 12.5. The van der Waals surface area contributed by atoms with Gasteiger partial charge in [0, 0.05) is 6.04 Å². The van der Waals surface area contributed by atoms with E-state index in [9.17, 15) is 9.59 Å². The summed E-state index contributed by atoms with van der Waals surface area (Å²) >= 11 is 0. The summed E-state index contributed by atoms with van der Waals surface area (Å²) in [5.74, 6) is 0.0893. The van der Waals surface area contributed by atoms with Crippen LogP contribution in [-0.2, 0) is 16.1 Å². The molecule has 1 amide bonds. The van der Waals surface area contributed by atoms with Gasteiger partial charge in [-0.15, -0.1) is 0 Å². The van der Waals surface area contributed by atoms with Crippen LogP contribution in [0.2, 0.25) is 0 Å². The van der Waals surface area contributed by atoms with Gasteiger partial charge in [0.2, 0.25) is 0 Å². The third-order valence-corrected chi connectivity index (χ3v) is 5.38. The van der Waals surface area contributed by atoms with Crippen molar-refractivity contribution < 1.29 is 19.1 Å². The van der Waals surface area contributed by atoms with Gasteiger partial charge < -0.3 is 14.8 Å². The highest BCUT2D eigenvalue weighted by Crippen LogP contribution is 2.24. The van der Waals surface area contributed by atoms with Crippen molar-refractivity contribution >= 4 is 11.9 Å². The Labute approximate surface area is 172 Å². The molecular weight excluding hydrogens is 366 g/mol. The first-order valence-electron chi connectivity index (χ1n) is 10.3. The fourth-order valence-corrected chi connectivity index (χ4v) is 3.71. The molecule has 0 aromatic heterocycles. The van der Waals surface area contributed by atoms with Crippen LogP contribution in [0.25, 0.3) is 0 Å². The second-order valence-electron chi connectivity index (χ2n) is 7.79.